The van der Waals surface area contributed by atoms with Crippen LogP contribution < -0.4 is 14.8 Å². The lowest BCUT2D eigenvalue weighted by Gasteiger charge is -2.52. The lowest BCUT2D eigenvalue weighted by Crippen LogP contribution is -2.61. The molecule has 0 radical (unpaired) electrons. The number of likely N-dealkylation sites (tertiary alicyclic amines) is 1. The number of hydrogen-bond acceptors (Lipinski definition) is 4. The summed E-state index contributed by atoms with van der Waals surface area (Å²) in [5.74, 6) is 1.98. The Morgan fingerprint density at radius 2 is 1.94 bits per heavy atom. The van der Waals surface area contributed by atoms with Gasteiger partial charge in [0.05, 0.1) is 19.3 Å². The quantitative estimate of drug-likeness (QED) is 0.642. The minimum atomic E-state index is -0.0232. The van der Waals surface area contributed by atoms with Gasteiger partial charge in [0, 0.05) is 42.6 Å². The van der Waals surface area contributed by atoms with E-state index in [-0.39, 0.29) is 11.4 Å². The van der Waals surface area contributed by atoms with Crippen LogP contribution in [0.4, 0.5) is 0 Å². The highest BCUT2D eigenvalue weighted by Crippen LogP contribution is 2.44. The maximum absolute atomic E-state index is 13.4. The molecule has 1 saturated carbocycles. The third-order valence-electron chi connectivity index (χ3n) is 8.09. The SMILES string of the molecule is COc1cc(C(=O)N2CCC3(CC2)NC2CCCC[C@@H]2n2cccc23)ccc1OCCC(C)C. The minimum absolute atomic E-state index is 0.0232. The van der Waals surface area contributed by atoms with E-state index in [9.17, 15) is 4.79 Å². The van der Waals surface area contributed by atoms with Gasteiger partial charge in [-0.3, -0.25) is 4.79 Å². The molecule has 184 valence electrons. The zero-order valence-corrected chi connectivity index (χ0v) is 20.9. The molecule has 1 aromatic heterocycles. The molecular weight excluding hydrogens is 426 g/mol. The minimum Gasteiger partial charge on any atom is -0.493 e. The van der Waals surface area contributed by atoms with E-state index in [0.717, 1.165) is 32.4 Å². The van der Waals surface area contributed by atoms with Crippen molar-refractivity contribution in [3.8, 4) is 11.5 Å². The Kier molecular flexibility index (Phi) is 6.61. The number of hydrogen-bond donors (Lipinski definition) is 1. The Labute approximate surface area is 203 Å². The molecule has 1 N–H and O–H groups in total. The predicted octanol–water partition coefficient (Wildman–Crippen LogP) is 5.14. The molecule has 1 aromatic carbocycles. The van der Waals surface area contributed by atoms with Crippen molar-refractivity contribution in [3.05, 3.63) is 47.8 Å². The van der Waals surface area contributed by atoms with Gasteiger partial charge in [0.1, 0.15) is 0 Å². The number of carbonyl (C=O) groups is 1. The largest absolute Gasteiger partial charge is 0.493 e. The van der Waals surface area contributed by atoms with Gasteiger partial charge in [-0.1, -0.05) is 26.7 Å². The highest BCUT2D eigenvalue weighted by atomic mass is 16.5. The molecule has 2 fully saturated rings. The fraction of sp³-hybridized carbons (Fsp3) is 0.607. The van der Waals surface area contributed by atoms with Crippen LogP contribution in [0.5, 0.6) is 11.5 Å². The molecule has 5 rings (SSSR count). The van der Waals surface area contributed by atoms with Crippen molar-refractivity contribution < 1.29 is 14.3 Å². The first kappa shape index (κ1) is 23.3. The lowest BCUT2D eigenvalue weighted by molar-refractivity contribution is 0.0512. The molecule has 1 aliphatic carbocycles. The number of carbonyl (C=O) groups excluding carboxylic acids is 1. The van der Waals surface area contributed by atoms with Crippen LogP contribution in [0.1, 0.15) is 80.9 Å². The summed E-state index contributed by atoms with van der Waals surface area (Å²) < 4.78 is 14.0. The molecule has 6 nitrogen and oxygen atoms in total. The second-order valence-electron chi connectivity index (χ2n) is 10.7. The van der Waals surface area contributed by atoms with Crippen molar-refractivity contribution in [1.82, 2.24) is 14.8 Å². The molecule has 3 aliphatic rings. The summed E-state index contributed by atoms with van der Waals surface area (Å²) in [5.41, 5.74) is 2.05. The highest BCUT2D eigenvalue weighted by molar-refractivity contribution is 5.95. The zero-order valence-electron chi connectivity index (χ0n) is 20.9. The molecule has 1 amide bonds. The van der Waals surface area contributed by atoms with Crippen molar-refractivity contribution in [2.75, 3.05) is 26.8 Å². The van der Waals surface area contributed by atoms with E-state index >= 15 is 0 Å². The van der Waals surface area contributed by atoms with Crippen LogP contribution >= 0.6 is 0 Å². The topological polar surface area (TPSA) is 55.7 Å². The Morgan fingerprint density at radius 1 is 1.15 bits per heavy atom. The van der Waals surface area contributed by atoms with E-state index in [1.165, 1.54) is 31.4 Å². The van der Waals surface area contributed by atoms with Gasteiger partial charge >= 0.3 is 0 Å². The number of methoxy groups -OCH3 is 1. The lowest BCUT2D eigenvalue weighted by atomic mass is 9.77. The summed E-state index contributed by atoms with van der Waals surface area (Å²) in [6.07, 6.45) is 10.3. The van der Waals surface area contributed by atoms with Crippen LogP contribution in [0.15, 0.2) is 36.5 Å². The second-order valence-corrected chi connectivity index (χ2v) is 10.7. The number of nitrogens with zero attached hydrogens (tertiary/aromatic N) is 2. The van der Waals surface area contributed by atoms with Gasteiger partial charge < -0.3 is 24.3 Å². The van der Waals surface area contributed by atoms with Crippen molar-refractivity contribution in [2.45, 2.75) is 76.4 Å². The molecule has 1 saturated heterocycles. The Hall–Kier alpha value is -2.47. The van der Waals surface area contributed by atoms with E-state index in [1.54, 1.807) is 7.11 Å². The Balaban J connectivity index is 1.27. The van der Waals surface area contributed by atoms with Gasteiger partial charge in [0.25, 0.3) is 5.91 Å². The molecule has 2 aliphatic heterocycles. The molecule has 1 unspecified atom stereocenters. The van der Waals surface area contributed by atoms with Crippen LogP contribution in [-0.4, -0.2) is 48.2 Å². The molecule has 0 bridgehead atoms. The van der Waals surface area contributed by atoms with E-state index in [1.807, 2.05) is 23.1 Å². The standard InChI is InChI=1S/C28H39N3O3/c1-20(2)12-18-34-24-11-10-21(19-25(24)33-3)27(32)30-16-13-28(14-17-30)26-9-6-15-31(26)23-8-5-4-7-22(23)29-28/h6,9-11,15,19-20,22-23,29H,4-5,7-8,12-14,16-18H2,1-3H3/t22?,23-/m0/s1. The van der Waals surface area contributed by atoms with Gasteiger partial charge in [0.2, 0.25) is 0 Å². The van der Waals surface area contributed by atoms with E-state index in [4.69, 9.17) is 9.47 Å². The van der Waals surface area contributed by atoms with E-state index in [2.05, 4.69) is 42.1 Å². The average molecular weight is 466 g/mol. The monoisotopic (exact) mass is 465 g/mol. The smallest absolute Gasteiger partial charge is 0.253 e. The first-order chi connectivity index (χ1) is 16.5. The maximum Gasteiger partial charge on any atom is 0.253 e. The summed E-state index contributed by atoms with van der Waals surface area (Å²) in [6, 6.07) is 11.2. The number of rotatable bonds is 6. The number of fused-ring (bicyclic) bond motifs is 4. The normalized spacial score (nSPS) is 23.5. The van der Waals surface area contributed by atoms with Crippen molar-refractivity contribution in [3.63, 3.8) is 0 Å². The van der Waals surface area contributed by atoms with Crippen LogP contribution in [0.2, 0.25) is 0 Å². The predicted molar refractivity (Wildman–Crippen MR) is 134 cm³/mol. The van der Waals surface area contributed by atoms with Crippen LogP contribution in [-0.2, 0) is 5.54 Å². The van der Waals surface area contributed by atoms with E-state index < -0.39 is 0 Å². The average Bonchev–Trinajstić information content (AvgIpc) is 3.36. The number of nitrogens with one attached hydrogen (secondary N) is 1. The molecular formula is C28H39N3O3. The van der Waals surface area contributed by atoms with Crippen molar-refractivity contribution in [2.24, 2.45) is 5.92 Å². The van der Waals surface area contributed by atoms with Crippen molar-refractivity contribution >= 4 is 5.91 Å². The van der Waals surface area contributed by atoms with Gasteiger partial charge in [-0.2, -0.15) is 0 Å². The summed E-state index contributed by atoms with van der Waals surface area (Å²) in [4.78, 5) is 15.4. The third kappa shape index (κ3) is 4.33. The third-order valence-corrected chi connectivity index (χ3v) is 8.09. The van der Waals surface area contributed by atoms with E-state index in [0.29, 0.717) is 41.7 Å². The summed E-state index contributed by atoms with van der Waals surface area (Å²) in [7, 11) is 1.63. The number of benzene rings is 1. The highest BCUT2D eigenvalue weighted by Gasteiger charge is 2.46. The number of aromatic nitrogens is 1. The van der Waals surface area contributed by atoms with Crippen molar-refractivity contribution in [1.29, 1.82) is 0 Å². The van der Waals surface area contributed by atoms with Gasteiger partial charge in [-0.25, -0.2) is 0 Å². The summed E-state index contributed by atoms with van der Waals surface area (Å²) in [5, 5.41) is 4.07. The number of ether oxygens (including phenoxy) is 2. The molecule has 1 spiro atoms. The second kappa shape index (κ2) is 9.65. The number of amides is 1. The van der Waals surface area contributed by atoms with Crippen LogP contribution in [0, 0.1) is 5.92 Å². The molecule has 6 heteroatoms. The van der Waals surface area contributed by atoms with Crippen LogP contribution in [0.3, 0.4) is 0 Å². The molecule has 34 heavy (non-hydrogen) atoms. The number of piperidine rings is 1. The maximum atomic E-state index is 13.4. The van der Waals surface area contributed by atoms with Gasteiger partial charge in [-0.05, 0) is 68.4 Å². The molecule has 3 heterocycles. The van der Waals surface area contributed by atoms with Gasteiger partial charge in [-0.15, -0.1) is 0 Å². The van der Waals surface area contributed by atoms with Crippen LogP contribution in [0.25, 0.3) is 0 Å². The van der Waals surface area contributed by atoms with Gasteiger partial charge in [0.15, 0.2) is 11.5 Å². The first-order valence-electron chi connectivity index (χ1n) is 13.1. The molecule has 2 aromatic rings. The summed E-state index contributed by atoms with van der Waals surface area (Å²) >= 11 is 0. The summed E-state index contributed by atoms with van der Waals surface area (Å²) in [6.45, 7) is 6.51. The molecule has 2 atom stereocenters. The zero-order chi connectivity index (χ0) is 23.7. The Morgan fingerprint density at radius 3 is 2.71 bits per heavy atom. The fourth-order valence-corrected chi connectivity index (χ4v) is 6.13. The Bertz CT molecular complexity index is 1010. The fourth-order valence-electron chi connectivity index (χ4n) is 6.13. The first-order valence-corrected chi connectivity index (χ1v) is 13.1.